The fourth-order valence-corrected chi connectivity index (χ4v) is 7.36. The highest BCUT2D eigenvalue weighted by Crippen LogP contribution is 2.43. The number of carbonyl (C=O) groups is 2. The standard InChI is InChI=1S/C63H98NO8P/c1-3-5-7-9-11-13-15-17-19-21-22-23-24-25-26-27-28-29-30-31-32-33-34-35-36-37-38-40-42-44-46-48-50-52-54-56-63(66)72-61(60-71-73(67,68)70-58-57-64)59-69-62(65)55-53-51-49-47-45-43-41-39-20-18-16-14-12-10-8-6-4-2/h5-8,11-14,17-20,22-23,25-26,28-29,31-32,34-35,37-38,41-44,61H,3-4,9-10,15-16,21,24,27,30,33,36,39-40,45-60,64H2,1-2H3,(H,67,68)/b7-5-,8-6-,13-11-,14-12-,19-17-,20-18-,23-22-,26-25-,29-28-,32-31-,35-34-,38-37-,43-41-,44-42-. The first kappa shape index (κ1) is 68.4. The summed E-state index contributed by atoms with van der Waals surface area (Å²) >= 11 is 0. The number of hydrogen-bond acceptors (Lipinski definition) is 8. The Labute approximate surface area is 444 Å². The number of phosphoric ester groups is 1. The van der Waals surface area contributed by atoms with Gasteiger partial charge in [-0.15, -0.1) is 0 Å². The van der Waals surface area contributed by atoms with Crippen molar-refractivity contribution in [2.45, 2.75) is 187 Å². The molecule has 0 spiro atoms. The molecule has 408 valence electrons. The number of rotatable bonds is 49. The molecule has 0 fully saturated rings. The van der Waals surface area contributed by atoms with Crippen LogP contribution in [0.15, 0.2) is 170 Å². The third-order valence-electron chi connectivity index (χ3n) is 10.6. The average molecular weight is 1030 g/mol. The quantitative estimate of drug-likeness (QED) is 0.0264. The van der Waals surface area contributed by atoms with Gasteiger partial charge in [0.1, 0.15) is 6.61 Å². The van der Waals surface area contributed by atoms with E-state index in [0.29, 0.717) is 12.8 Å². The molecule has 0 aliphatic heterocycles. The molecule has 0 aromatic heterocycles. The molecule has 0 radical (unpaired) electrons. The smallest absolute Gasteiger partial charge is 0.462 e. The van der Waals surface area contributed by atoms with Crippen LogP contribution in [0.1, 0.15) is 181 Å². The van der Waals surface area contributed by atoms with Gasteiger partial charge in [-0.25, -0.2) is 4.57 Å². The number of hydrogen-bond donors (Lipinski definition) is 2. The van der Waals surface area contributed by atoms with Crippen LogP contribution in [0.3, 0.4) is 0 Å². The molecule has 0 saturated heterocycles. The lowest BCUT2D eigenvalue weighted by molar-refractivity contribution is -0.161. The largest absolute Gasteiger partial charge is 0.472 e. The third-order valence-corrected chi connectivity index (χ3v) is 11.6. The molecule has 3 N–H and O–H groups in total. The molecule has 0 aliphatic carbocycles. The van der Waals surface area contributed by atoms with Crippen molar-refractivity contribution in [1.29, 1.82) is 0 Å². The summed E-state index contributed by atoms with van der Waals surface area (Å²) in [5.41, 5.74) is 5.37. The predicted octanol–water partition coefficient (Wildman–Crippen LogP) is 17.5. The maximum Gasteiger partial charge on any atom is 0.472 e. The van der Waals surface area contributed by atoms with Crippen LogP contribution in [0, 0.1) is 0 Å². The predicted molar refractivity (Wildman–Crippen MR) is 311 cm³/mol. The summed E-state index contributed by atoms with van der Waals surface area (Å²) in [6, 6.07) is 0. The summed E-state index contributed by atoms with van der Waals surface area (Å²) in [5.74, 6) is -0.903. The monoisotopic (exact) mass is 1030 g/mol. The van der Waals surface area contributed by atoms with E-state index in [-0.39, 0.29) is 32.6 Å². The maximum absolute atomic E-state index is 12.7. The Morgan fingerprint density at radius 3 is 1.04 bits per heavy atom. The normalized spacial score (nSPS) is 14.4. The minimum Gasteiger partial charge on any atom is -0.462 e. The van der Waals surface area contributed by atoms with E-state index in [2.05, 4.69) is 184 Å². The van der Waals surface area contributed by atoms with Crippen molar-refractivity contribution in [2.24, 2.45) is 5.73 Å². The SMILES string of the molecule is CC/C=C\C/C=C\C/C=C\C/C=C\C/C=C\C/C=C\C/C=C\C/C=C\C/C=C\C/C=C\CCCCCCC(=O)OC(COC(=O)CCCCCC/C=C\C/C=C\C/C=C\C/C=C\CC)COP(=O)(O)OCCN. The minimum atomic E-state index is -4.41. The van der Waals surface area contributed by atoms with Gasteiger partial charge in [0.25, 0.3) is 0 Å². The van der Waals surface area contributed by atoms with E-state index in [1.54, 1.807) is 0 Å². The van der Waals surface area contributed by atoms with E-state index < -0.39 is 32.5 Å². The lowest BCUT2D eigenvalue weighted by Gasteiger charge is -2.19. The Morgan fingerprint density at radius 2 is 0.712 bits per heavy atom. The minimum absolute atomic E-state index is 0.0350. The van der Waals surface area contributed by atoms with Gasteiger partial charge >= 0.3 is 19.8 Å². The summed E-state index contributed by atoms with van der Waals surface area (Å²) in [4.78, 5) is 35.1. The molecular formula is C63H98NO8P. The number of phosphoric acid groups is 1. The van der Waals surface area contributed by atoms with Gasteiger partial charge in [0.2, 0.25) is 0 Å². The van der Waals surface area contributed by atoms with Gasteiger partial charge in [-0.3, -0.25) is 18.6 Å². The van der Waals surface area contributed by atoms with Crippen molar-refractivity contribution in [3.63, 3.8) is 0 Å². The van der Waals surface area contributed by atoms with Gasteiger partial charge in [0.05, 0.1) is 13.2 Å². The summed E-state index contributed by atoms with van der Waals surface area (Å²) < 4.78 is 32.9. The van der Waals surface area contributed by atoms with Crippen LogP contribution < -0.4 is 5.73 Å². The van der Waals surface area contributed by atoms with Crippen LogP contribution in [0.25, 0.3) is 0 Å². The lowest BCUT2D eigenvalue weighted by atomic mass is 10.1. The summed E-state index contributed by atoms with van der Waals surface area (Å²) in [6.45, 7) is 3.41. The van der Waals surface area contributed by atoms with Crippen LogP contribution in [-0.4, -0.2) is 49.3 Å². The maximum atomic E-state index is 12.7. The number of unbranched alkanes of at least 4 members (excludes halogenated alkanes) is 8. The van der Waals surface area contributed by atoms with E-state index >= 15 is 0 Å². The van der Waals surface area contributed by atoms with Gasteiger partial charge in [-0.1, -0.05) is 210 Å². The Hall–Kier alpha value is -4.63. The van der Waals surface area contributed by atoms with E-state index in [1.165, 1.54) is 0 Å². The molecule has 73 heavy (non-hydrogen) atoms. The first-order valence-electron chi connectivity index (χ1n) is 27.6. The van der Waals surface area contributed by atoms with Crippen LogP contribution in [-0.2, 0) is 32.7 Å². The van der Waals surface area contributed by atoms with Crippen LogP contribution in [0.4, 0.5) is 0 Å². The molecular weight excluding hydrogens is 930 g/mol. The number of esters is 2. The highest BCUT2D eigenvalue weighted by Gasteiger charge is 2.26. The summed E-state index contributed by atoms with van der Waals surface area (Å²) in [5, 5.41) is 0. The summed E-state index contributed by atoms with van der Waals surface area (Å²) in [6.07, 6.45) is 84.0. The van der Waals surface area contributed by atoms with Gasteiger partial charge in [-0.05, 0) is 128 Å². The van der Waals surface area contributed by atoms with Crippen molar-refractivity contribution in [1.82, 2.24) is 0 Å². The number of allylic oxidation sites excluding steroid dienone is 28. The fraction of sp³-hybridized carbons (Fsp3) is 0.524. The molecule has 0 aromatic rings. The Bertz CT molecular complexity index is 1790. The fourth-order valence-electron chi connectivity index (χ4n) is 6.59. The molecule has 0 amide bonds. The van der Waals surface area contributed by atoms with Crippen molar-refractivity contribution in [3.8, 4) is 0 Å². The Morgan fingerprint density at radius 1 is 0.411 bits per heavy atom. The highest BCUT2D eigenvalue weighted by molar-refractivity contribution is 7.47. The second-order valence-electron chi connectivity index (χ2n) is 17.3. The molecule has 9 nitrogen and oxygen atoms in total. The first-order chi connectivity index (χ1) is 35.8. The van der Waals surface area contributed by atoms with Gasteiger partial charge < -0.3 is 20.1 Å². The molecule has 0 saturated carbocycles. The number of nitrogens with two attached hydrogens (primary N) is 1. The molecule has 0 heterocycles. The molecule has 0 rings (SSSR count). The third kappa shape index (κ3) is 56.5. The Balaban J connectivity index is 4.15. The Kier molecular flexibility index (Phi) is 53.1. The number of ether oxygens (including phenoxy) is 2. The molecule has 0 aliphatic rings. The summed E-state index contributed by atoms with van der Waals surface area (Å²) in [7, 11) is -4.41. The van der Waals surface area contributed by atoms with Crippen molar-refractivity contribution in [3.05, 3.63) is 170 Å². The zero-order valence-electron chi connectivity index (χ0n) is 45.3. The van der Waals surface area contributed by atoms with Crippen molar-refractivity contribution >= 4 is 19.8 Å². The van der Waals surface area contributed by atoms with Gasteiger partial charge in [0, 0.05) is 19.4 Å². The van der Waals surface area contributed by atoms with Crippen LogP contribution in [0.2, 0.25) is 0 Å². The van der Waals surface area contributed by atoms with E-state index in [4.69, 9.17) is 24.3 Å². The van der Waals surface area contributed by atoms with Crippen molar-refractivity contribution < 1.29 is 37.6 Å². The van der Waals surface area contributed by atoms with Crippen LogP contribution in [0.5, 0.6) is 0 Å². The first-order valence-corrected chi connectivity index (χ1v) is 29.1. The average Bonchev–Trinajstić information content (AvgIpc) is 3.38. The lowest BCUT2D eigenvalue weighted by Crippen LogP contribution is -2.29. The van der Waals surface area contributed by atoms with E-state index in [0.717, 1.165) is 141 Å². The molecule has 10 heteroatoms. The van der Waals surface area contributed by atoms with Crippen LogP contribution >= 0.6 is 7.82 Å². The zero-order chi connectivity index (χ0) is 53.1. The molecule has 2 unspecified atom stereocenters. The molecule has 0 aromatic carbocycles. The van der Waals surface area contributed by atoms with Gasteiger partial charge in [0.15, 0.2) is 6.10 Å². The second-order valence-corrected chi connectivity index (χ2v) is 18.8. The van der Waals surface area contributed by atoms with Gasteiger partial charge in [-0.2, -0.15) is 0 Å². The molecule has 0 bridgehead atoms. The van der Waals surface area contributed by atoms with E-state index in [1.807, 2.05) is 0 Å². The molecule has 2 atom stereocenters. The second kappa shape index (κ2) is 56.7. The highest BCUT2D eigenvalue weighted by atomic mass is 31.2. The zero-order valence-corrected chi connectivity index (χ0v) is 46.2. The van der Waals surface area contributed by atoms with E-state index in [9.17, 15) is 19.0 Å². The number of carbonyl (C=O) groups excluding carboxylic acids is 2. The topological polar surface area (TPSA) is 134 Å². The van der Waals surface area contributed by atoms with Crippen molar-refractivity contribution in [2.75, 3.05) is 26.4 Å².